The van der Waals surface area contributed by atoms with Crippen LogP contribution in [0.5, 0.6) is 0 Å². The Hall–Kier alpha value is -1.99. The zero-order chi connectivity index (χ0) is 39.8. The van der Waals surface area contributed by atoms with Gasteiger partial charge < -0.3 is 0 Å². The highest BCUT2D eigenvalue weighted by molar-refractivity contribution is 7.97. The first-order valence-corrected chi connectivity index (χ1v) is 25.3. The van der Waals surface area contributed by atoms with Crippen LogP contribution in [0, 0.1) is 0 Å². The van der Waals surface area contributed by atoms with Gasteiger partial charge in [-0.3, -0.25) is 0 Å². The van der Waals surface area contributed by atoms with Gasteiger partial charge in [-0.2, -0.15) is 0 Å². The number of benzene rings is 3. The Morgan fingerprint density at radius 3 is 0.582 bits per heavy atom. The van der Waals surface area contributed by atoms with Crippen LogP contribution < -0.4 is 0 Å². The lowest BCUT2D eigenvalue weighted by Gasteiger charge is -2.25. The molecule has 0 bridgehead atoms. The Labute approximate surface area is 346 Å². The molecular weight excluding hydrogens is 681 g/mol. The van der Waals surface area contributed by atoms with Crippen molar-refractivity contribution in [1.82, 2.24) is 0 Å². The van der Waals surface area contributed by atoms with Gasteiger partial charge in [-0.05, 0) is 132 Å². The monoisotopic (exact) mass is 768 g/mol. The summed E-state index contributed by atoms with van der Waals surface area (Å²) in [7, 11) is -0.147. The first-order valence-electron chi connectivity index (χ1n) is 24.1. The molecule has 0 spiro atoms. The van der Waals surface area contributed by atoms with Crippen LogP contribution in [0.1, 0.15) is 228 Å². The number of aryl methyl sites for hydroxylation is 9. The minimum absolute atomic E-state index is 0.147. The molecule has 0 saturated carbocycles. The summed E-state index contributed by atoms with van der Waals surface area (Å²) in [6.07, 6.45) is 33.7. The zero-order valence-corrected chi connectivity index (χ0v) is 38.8. The van der Waals surface area contributed by atoms with Gasteiger partial charge in [-0.15, -0.1) is 0 Å². The summed E-state index contributed by atoms with van der Waals surface area (Å²) in [4.78, 5) is 5.28. The van der Waals surface area contributed by atoms with Gasteiger partial charge in [0.15, 0.2) is 14.7 Å². The van der Waals surface area contributed by atoms with Crippen LogP contribution in [0.3, 0.4) is 0 Å². The summed E-state index contributed by atoms with van der Waals surface area (Å²) in [5, 5.41) is 0. The number of unbranched alkanes of at least 4 members (excludes halogenated alkanes) is 9. The Morgan fingerprint density at radius 1 is 0.255 bits per heavy atom. The van der Waals surface area contributed by atoms with Crippen molar-refractivity contribution in [3.05, 3.63) is 86.5 Å². The quantitative estimate of drug-likeness (QED) is 0.0593. The smallest absolute Gasteiger partial charge is 0.0654 e. The summed E-state index contributed by atoms with van der Waals surface area (Å²) in [5.74, 6) is 0. The topological polar surface area (TPSA) is 0 Å². The van der Waals surface area contributed by atoms with Gasteiger partial charge in [0.1, 0.15) is 10.9 Å². The van der Waals surface area contributed by atoms with Crippen LogP contribution in [-0.4, -0.2) is 0 Å². The molecule has 0 unspecified atom stereocenters. The maximum Gasteiger partial charge on any atom is 0.172 e. The molecule has 55 heavy (non-hydrogen) atoms. The van der Waals surface area contributed by atoms with Crippen molar-refractivity contribution in [1.29, 1.82) is 0 Å². The van der Waals surface area contributed by atoms with Crippen molar-refractivity contribution < 1.29 is 0 Å². The van der Waals surface area contributed by atoms with E-state index in [-0.39, 0.29) is 10.9 Å². The van der Waals surface area contributed by atoms with E-state index in [0.29, 0.717) is 0 Å². The van der Waals surface area contributed by atoms with E-state index in [1.165, 1.54) is 173 Å². The lowest BCUT2D eigenvalue weighted by atomic mass is 9.95. The van der Waals surface area contributed by atoms with E-state index >= 15 is 0 Å². The van der Waals surface area contributed by atoms with E-state index in [2.05, 4.69) is 98.7 Å². The Bertz CT molecular complexity index is 1230. The molecule has 0 aromatic heterocycles. The van der Waals surface area contributed by atoms with Gasteiger partial charge >= 0.3 is 0 Å². The first-order chi connectivity index (χ1) is 26.9. The maximum absolute atomic E-state index is 2.73. The van der Waals surface area contributed by atoms with E-state index < -0.39 is 0 Å². The normalized spacial score (nSPS) is 11.7. The molecule has 0 saturated heterocycles. The molecule has 0 radical (unpaired) electrons. The summed E-state index contributed by atoms with van der Waals surface area (Å²) >= 11 is 0. The standard InChI is InChI=1S/C54H87S/c1-10-19-28-43-37-46(31-22-13-4)52(47(38-43)32-23-14-5)55(53-48(33-24-15-6)39-44(29-20-11-2)40-49(53)34-25-16-7)54-50(35-26-17-8)41-45(30-21-12-3)42-51(54)36-27-18-9/h37-42H,10-36H2,1-9H3/q+1. The molecule has 3 rings (SSSR count). The third kappa shape index (κ3) is 14.7. The number of rotatable bonds is 30. The SMILES string of the molecule is CCCCc1cc(CCCC)c([S+](c2c(CCCC)cc(CCCC)cc2CCCC)c2c(CCCC)cc(CCCC)cc2CCCC)c(CCCC)c1. The van der Waals surface area contributed by atoms with Crippen molar-refractivity contribution in [3.8, 4) is 0 Å². The summed E-state index contributed by atoms with van der Waals surface area (Å²) in [5.41, 5.74) is 15.0. The van der Waals surface area contributed by atoms with Gasteiger partial charge in [0.05, 0.1) is 0 Å². The van der Waals surface area contributed by atoms with Crippen molar-refractivity contribution in [3.63, 3.8) is 0 Å². The third-order valence-electron chi connectivity index (χ3n) is 11.8. The van der Waals surface area contributed by atoms with Crippen LogP contribution in [0.4, 0.5) is 0 Å². The molecule has 0 N–H and O–H groups in total. The van der Waals surface area contributed by atoms with Crippen LogP contribution in [-0.2, 0) is 68.7 Å². The molecular formula is C54H87S+. The minimum atomic E-state index is -0.147. The summed E-state index contributed by atoms with van der Waals surface area (Å²) in [6, 6.07) is 16.4. The lowest BCUT2D eigenvalue weighted by Crippen LogP contribution is -2.20. The predicted octanol–water partition coefficient (Wildman–Crippen LogP) is 16.9. The fourth-order valence-electron chi connectivity index (χ4n) is 8.47. The van der Waals surface area contributed by atoms with E-state index in [1.807, 2.05) is 0 Å². The highest BCUT2D eigenvalue weighted by atomic mass is 32.2. The molecule has 0 aliphatic rings. The summed E-state index contributed by atoms with van der Waals surface area (Å²) < 4.78 is 0. The molecule has 0 aliphatic heterocycles. The largest absolute Gasteiger partial charge is 0.172 e. The third-order valence-corrected chi connectivity index (χ3v) is 14.6. The van der Waals surface area contributed by atoms with Gasteiger partial charge in [0.25, 0.3) is 0 Å². The van der Waals surface area contributed by atoms with Crippen LogP contribution in [0.25, 0.3) is 0 Å². The van der Waals surface area contributed by atoms with Gasteiger partial charge in [-0.25, -0.2) is 0 Å². The second-order valence-electron chi connectivity index (χ2n) is 17.0. The molecule has 308 valence electrons. The predicted molar refractivity (Wildman–Crippen MR) is 249 cm³/mol. The average molecular weight is 768 g/mol. The molecule has 0 heterocycles. The molecule has 0 nitrogen and oxygen atoms in total. The molecule has 0 aliphatic carbocycles. The molecule has 3 aromatic rings. The second-order valence-corrected chi connectivity index (χ2v) is 18.8. The molecule has 0 amide bonds. The Kier molecular flexibility index (Phi) is 23.8. The van der Waals surface area contributed by atoms with E-state index in [1.54, 1.807) is 64.8 Å². The van der Waals surface area contributed by atoms with E-state index in [9.17, 15) is 0 Å². The highest BCUT2D eigenvalue weighted by Gasteiger charge is 2.41. The zero-order valence-electron chi connectivity index (χ0n) is 38.0. The molecule has 0 atom stereocenters. The molecule has 0 fully saturated rings. The van der Waals surface area contributed by atoms with Gasteiger partial charge in [-0.1, -0.05) is 156 Å². The van der Waals surface area contributed by atoms with Crippen molar-refractivity contribution in [2.45, 2.75) is 250 Å². The van der Waals surface area contributed by atoms with Crippen molar-refractivity contribution >= 4 is 10.9 Å². The second kappa shape index (κ2) is 27.6. The first kappa shape index (κ1) is 47.4. The fourth-order valence-corrected chi connectivity index (χ4v) is 11.6. The number of hydrogen-bond donors (Lipinski definition) is 0. The Balaban J connectivity index is 2.69. The number of hydrogen-bond acceptors (Lipinski definition) is 0. The highest BCUT2D eigenvalue weighted by Crippen LogP contribution is 2.45. The van der Waals surface area contributed by atoms with E-state index in [4.69, 9.17) is 0 Å². The van der Waals surface area contributed by atoms with Crippen LogP contribution in [0.2, 0.25) is 0 Å². The van der Waals surface area contributed by atoms with E-state index in [0.717, 1.165) is 0 Å². The van der Waals surface area contributed by atoms with Gasteiger partial charge in [0, 0.05) is 33.4 Å². The Morgan fingerprint density at radius 2 is 0.418 bits per heavy atom. The fraction of sp³-hybridized carbons (Fsp3) is 0.667. The summed E-state index contributed by atoms with van der Waals surface area (Å²) in [6.45, 7) is 21.5. The van der Waals surface area contributed by atoms with Crippen LogP contribution in [0.15, 0.2) is 51.1 Å². The average Bonchev–Trinajstić information content (AvgIpc) is 3.20. The minimum Gasteiger partial charge on any atom is -0.0654 e. The van der Waals surface area contributed by atoms with Crippen molar-refractivity contribution in [2.24, 2.45) is 0 Å². The maximum atomic E-state index is 2.73. The molecule has 3 aromatic carbocycles. The van der Waals surface area contributed by atoms with Crippen molar-refractivity contribution in [2.75, 3.05) is 0 Å². The van der Waals surface area contributed by atoms with Gasteiger partial charge in [0.2, 0.25) is 0 Å². The molecule has 1 heteroatoms. The van der Waals surface area contributed by atoms with Crippen LogP contribution >= 0.6 is 0 Å². The lowest BCUT2D eigenvalue weighted by molar-refractivity contribution is 0.736.